The predicted octanol–water partition coefficient (Wildman–Crippen LogP) is 3.37. The highest BCUT2D eigenvalue weighted by Gasteiger charge is 2.46. The van der Waals surface area contributed by atoms with Crippen LogP contribution in [0.25, 0.3) is 0 Å². The van der Waals surface area contributed by atoms with E-state index in [1.807, 2.05) is 0 Å². The van der Waals surface area contributed by atoms with E-state index in [-0.39, 0.29) is 18.1 Å². The second-order valence-corrected chi connectivity index (χ2v) is 7.86. The number of rotatable bonds is 10. The molecule has 0 saturated carbocycles. The number of halogens is 2. The quantitative estimate of drug-likeness (QED) is 0.323. The van der Waals surface area contributed by atoms with E-state index in [1.165, 1.54) is 12.1 Å². The van der Waals surface area contributed by atoms with Crippen LogP contribution in [0.4, 0.5) is 0 Å². The number of aliphatic carboxylic acids is 1. The number of aldehydes is 1. The number of esters is 2. The topological polar surface area (TPSA) is 129 Å². The van der Waals surface area contributed by atoms with Crippen LogP contribution < -0.4 is 0 Å². The minimum Gasteiger partial charge on any atom is -0.479 e. The fourth-order valence-electron chi connectivity index (χ4n) is 2.09. The largest absolute Gasteiger partial charge is 0.479 e. The van der Waals surface area contributed by atoms with Gasteiger partial charge in [0.05, 0.1) is 12.8 Å². The number of carbonyl (C=O) groups excluding carboxylic acids is 3. The van der Waals surface area contributed by atoms with Crippen LogP contribution in [0, 0.1) is 0 Å². The molecule has 0 bridgehead atoms. The molecule has 0 aromatic carbocycles. The summed E-state index contributed by atoms with van der Waals surface area (Å²) in [6, 6.07) is 2.78. The molecule has 0 saturated heterocycles. The fraction of sp³-hybridized carbons (Fsp3) is 0.444. The summed E-state index contributed by atoms with van der Waals surface area (Å²) in [4.78, 5) is 46.8. The van der Waals surface area contributed by atoms with Crippen LogP contribution in [-0.4, -0.2) is 40.5 Å². The van der Waals surface area contributed by atoms with Crippen molar-refractivity contribution in [3.8, 4) is 0 Å². The monoisotopic (exact) mass is 450 g/mol. The maximum absolute atomic E-state index is 12.2. The van der Waals surface area contributed by atoms with Gasteiger partial charge in [0.25, 0.3) is 0 Å². The van der Waals surface area contributed by atoms with Crippen molar-refractivity contribution in [1.82, 2.24) is 0 Å². The van der Waals surface area contributed by atoms with Crippen molar-refractivity contribution < 1.29 is 42.9 Å². The molecule has 160 valence electrons. The molecule has 0 spiro atoms. The maximum Gasteiger partial charge on any atom is 0.349 e. The Morgan fingerprint density at radius 1 is 1.14 bits per heavy atom. The lowest BCUT2D eigenvalue weighted by Gasteiger charge is -2.28. The van der Waals surface area contributed by atoms with Gasteiger partial charge in [-0.05, 0) is 32.9 Å². The Bertz CT molecular complexity index is 787. The highest BCUT2D eigenvalue weighted by molar-refractivity contribution is 6.55. The number of hydrogen-bond acceptors (Lipinski definition) is 8. The molecule has 1 atom stereocenters. The van der Waals surface area contributed by atoms with Gasteiger partial charge < -0.3 is 23.7 Å². The van der Waals surface area contributed by atoms with E-state index in [2.05, 4.69) is 0 Å². The first-order valence-electron chi connectivity index (χ1n) is 8.20. The lowest BCUT2D eigenvalue weighted by molar-refractivity contribution is -0.178. The molecule has 29 heavy (non-hydrogen) atoms. The van der Waals surface area contributed by atoms with E-state index in [1.54, 1.807) is 20.8 Å². The van der Waals surface area contributed by atoms with Crippen molar-refractivity contribution in [1.29, 1.82) is 0 Å². The zero-order valence-corrected chi connectivity index (χ0v) is 17.4. The number of furan rings is 1. The van der Waals surface area contributed by atoms with Gasteiger partial charge in [-0.1, -0.05) is 23.2 Å². The van der Waals surface area contributed by atoms with Crippen LogP contribution in [0.3, 0.4) is 0 Å². The van der Waals surface area contributed by atoms with E-state index in [9.17, 15) is 24.3 Å². The van der Waals surface area contributed by atoms with Gasteiger partial charge in [0.2, 0.25) is 5.60 Å². The lowest BCUT2D eigenvalue weighted by atomic mass is 9.95. The molecular formula is C18H20Cl2O9. The summed E-state index contributed by atoms with van der Waals surface area (Å²) in [5.41, 5.74) is -3.26. The molecule has 1 aromatic heterocycles. The van der Waals surface area contributed by atoms with Crippen LogP contribution in [0.1, 0.15) is 49.9 Å². The first-order chi connectivity index (χ1) is 13.4. The second-order valence-electron chi connectivity index (χ2n) is 6.85. The van der Waals surface area contributed by atoms with Crippen molar-refractivity contribution in [2.45, 2.75) is 51.4 Å². The second kappa shape index (κ2) is 10.3. The molecule has 0 aliphatic heterocycles. The smallest absolute Gasteiger partial charge is 0.349 e. The molecular weight excluding hydrogens is 431 g/mol. The molecule has 1 unspecified atom stereocenters. The fourth-order valence-corrected chi connectivity index (χ4v) is 2.18. The Balaban J connectivity index is 2.96. The van der Waals surface area contributed by atoms with Crippen molar-refractivity contribution in [3.63, 3.8) is 0 Å². The molecule has 9 nitrogen and oxygen atoms in total. The summed E-state index contributed by atoms with van der Waals surface area (Å²) in [5, 5.41) is 9.64. The van der Waals surface area contributed by atoms with Gasteiger partial charge >= 0.3 is 17.9 Å². The molecule has 0 aliphatic carbocycles. The molecule has 11 heteroatoms. The van der Waals surface area contributed by atoms with E-state index in [0.717, 1.165) is 0 Å². The highest BCUT2D eigenvalue weighted by Crippen LogP contribution is 2.27. The van der Waals surface area contributed by atoms with Crippen molar-refractivity contribution >= 4 is 47.4 Å². The van der Waals surface area contributed by atoms with E-state index in [0.29, 0.717) is 12.5 Å². The third kappa shape index (κ3) is 8.57. The molecule has 0 aliphatic rings. The standard InChI is InChI=1S/C18H20Cl2O9/c1-17(2,3)29-15(23)7-18(16(24)25,27-10-13(19)20)6-14(22)26-9-12-5-4-11(8-21)28-12/h4-5,8,10H,6-7,9H2,1-3H3,(H,24,25). The third-order valence-corrected chi connectivity index (χ3v) is 3.40. The Labute approximate surface area is 176 Å². The van der Waals surface area contributed by atoms with Gasteiger partial charge in [-0.25, -0.2) is 4.79 Å². The van der Waals surface area contributed by atoms with Crippen LogP contribution in [0.2, 0.25) is 0 Å². The number of carboxylic acid groups (broad SMARTS) is 1. The third-order valence-electron chi connectivity index (χ3n) is 3.22. The van der Waals surface area contributed by atoms with Crippen LogP contribution in [-0.2, 0) is 35.2 Å². The van der Waals surface area contributed by atoms with Gasteiger partial charge in [0.15, 0.2) is 12.0 Å². The summed E-state index contributed by atoms with van der Waals surface area (Å²) in [6.45, 7) is 4.42. The van der Waals surface area contributed by atoms with Gasteiger partial charge in [0.1, 0.15) is 28.7 Å². The maximum atomic E-state index is 12.2. The Hall–Kier alpha value is -2.52. The number of ether oxygens (including phenoxy) is 3. The van der Waals surface area contributed by atoms with Crippen LogP contribution in [0.5, 0.6) is 0 Å². The average Bonchev–Trinajstić information content (AvgIpc) is 3.04. The summed E-state index contributed by atoms with van der Waals surface area (Å²) in [6.07, 6.45) is -0.516. The zero-order chi connectivity index (χ0) is 22.2. The van der Waals surface area contributed by atoms with Gasteiger partial charge in [-0.3, -0.25) is 14.4 Å². The predicted molar refractivity (Wildman–Crippen MR) is 100 cm³/mol. The summed E-state index contributed by atoms with van der Waals surface area (Å²) in [7, 11) is 0. The molecule has 0 radical (unpaired) electrons. The van der Waals surface area contributed by atoms with E-state index in [4.69, 9.17) is 41.8 Å². The van der Waals surface area contributed by atoms with E-state index < -0.39 is 46.4 Å². The number of carbonyl (C=O) groups is 4. The number of hydrogen-bond donors (Lipinski definition) is 1. The Kier molecular flexibility index (Phi) is 8.72. The average molecular weight is 451 g/mol. The highest BCUT2D eigenvalue weighted by atomic mass is 35.5. The van der Waals surface area contributed by atoms with Gasteiger partial charge in [-0.15, -0.1) is 0 Å². The first-order valence-corrected chi connectivity index (χ1v) is 8.96. The molecule has 0 amide bonds. The molecule has 1 aromatic rings. The van der Waals surface area contributed by atoms with Crippen molar-refractivity contribution in [3.05, 3.63) is 34.4 Å². The van der Waals surface area contributed by atoms with E-state index >= 15 is 0 Å². The molecule has 1 rings (SSSR count). The normalized spacial score (nSPS) is 13.0. The van der Waals surface area contributed by atoms with Gasteiger partial charge in [0, 0.05) is 0 Å². The minimum atomic E-state index is -2.37. The van der Waals surface area contributed by atoms with Crippen LogP contribution >= 0.6 is 23.2 Å². The summed E-state index contributed by atoms with van der Waals surface area (Å²) in [5.74, 6) is -3.37. The lowest BCUT2D eigenvalue weighted by Crippen LogP contribution is -2.46. The van der Waals surface area contributed by atoms with Gasteiger partial charge in [-0.2, -0.15) is 0 Å². The van der Waals surface area contributed by atoms with Crippen LogP contribution in [0.15, 0.2) is 27.3 Å². The number of carboxylic acids is 1. The Morgan fingerprint density at radius 3 is 2.24 bits per heavy atom. The summed E-state index contributed by atoms with van der Waals surface area (Å²) >= 11 is 10.9. The van der Waals surface area contributed by atoms with Crippen molar-refractivity contribution in [2.75, 3.05) is 0 Å². The molecule has 1 heterocycles. The summed E-state index contributed by atoms with van der Waals surface area (Å²) < 4.78 is 19.8. The Morgan fingerprint density at radius 2 is 1.76 bits per heavy atom. The molecule has 0 fully saturated rings. The van der Waals surface area contributed by atoms with Crippen molar-refractivity contribution in [2.24, 2.45) is 0 Å². The first kappa shape index (κ1) is 24.5. The SMILES string of the molecule is CC(C)(C)OC(=O)CC(CC(=O)OCc1ccc(C=O)o1)(OC=C(Cl)Cl)C(=O)O. The zero-order valence-electron chi connectivity index (χ0n) is 15.9. The minimum absolute atomic E-state index is 0.0334. The molecule has 1 N–H and O–H groups in total.